The molecule has 8 nitrogen and oxygen atoms in total. The highest BCUT2D eigenvalue weighted by Crippen LogP contribution is 2.29. The van der Waals surface area contributed by atoms with Crippen LogP contribution < -0.4 is 4.74 Å². The lowest BCUT2D eigenvalue weighted by Gasteiger charge is -2.02. The molecule has 0 heterocycles. The first-order valence-electron chi connectivity index (χ1n) is 4.09. The van der Waals surface area contributed by atoms with Gasteiger partial charge < -0.3 is 4.74 Å². The number of benzene rings is 1. The third-order valence-corrected chi connectivity index (χ3v) is 3.01. The van der Waals surface area contributed by atoms with Gasteiger partial charge in [0.05, 0.1) is 18.1 Å². The number of sulfonamides is 1. The molecular formula is C8H6N2O6S. The number of nitro benzene ring substituents is 1. The van der Waals surface area contributed by atoms with Crippen LogP contribution in [0.2, 0.25) is 0 Å². The van der Waals surface area contributed by atoms with Crippen LogP contribution in [-0.2, 0) is 14.8 Å². The first kappa shape index (κ1) is 12.8. The summed E-state index contributed by atoms with van der Waals surface area (Å²) in [5, 5.41) is 10.7. The minimum absolute atomic E-state index is 0.116. The Bertz CT molecular complexity index is 602. The minimum atomic E-state index is -4.41. The summed E-state index contributed by atoms with van der Waals surface area (Å²) in [7, 11) is -3.13. The van der Waals surface area contributed by atoms with Gasteiger partial charge in [0.15, 0.2) is 4.90 Å². The molecule has 9 heteroatoms. The number of nitrogens with zero attached hydrogens (tertiary/aromatic N) is 2. The van der Waals surface area contributed by atoms with Crippen LogP contribution in [-0.4, -0.2) is 26.5 Å². The van der Waals surface area contributed by atoms with Gasteiger partial charge in [0.25, 0.3) is 21.8 Å². The molecule has 0 aliphatic heterocycles. The minimum Gasteiger partial charge on any atom is -0.497 e. The van der Waals surface area contributed by atoms with Crippen molar-refractivity contribution in [3.63, 3.8) is 0 Å². The molecule has 0 amide bonds. The summed E-state index contributed by atoms with van der Waals surface area (Å²) in [6.07, 6.45) is 0.834. The first-order chi connectivity index (χ1) is 7.92. The summed E-state index contributed by atoms with van der Waals surface area (Å²) in [4.78, 5) is 19.0. The second-order valence-electron chi connectivity index (χ2n) is 2.75. The van der Waals surface area contributed by atoms with E-state index < -0.39 is 25.5 Å². The van der Waals surface area contributed by atoms with Crippen molar-refractivity contribution in [1.82, 2.24) is 0 Å². The van der Waals surface area contributed by atoms with Crippen LogP contribution in [0.25, 0.3) is 0 Å². The van der Waals surface area contributed by atoms with Gasteiger partial charge in [0.1, 0.15) is 5.75 Å². The average Bonchev–Trinajstić information content (AvgIpc) is 2.28. The van der Waals surface area contributed by atoms with Gasteiger partial charge in [0, 0.05) is 0 Å². The first-order valence-corrected chi connectivity index (χ1v) is 5.53. The Balaban J connectivity index is 3.55. The molecule has 0 N–H and O–H groups in total. The average molecular weight is 258 g/mol. The molecule has 1 aromatic rings. The zero-order valence-corrected chi connectivity index (χ0v) is 9.30. The van der Waals surface area contributed by atoms with E-state index in [2.05, 4.69) is 4.40 Å². The van der Waals surface area contributed by atoms with E-state index >= 15 is 0 Å². The molecule has 0 aliphatic carbocycles. The zero-order valence-electron chi connectivity index (χ0n) is 8.48. The van der Waals surface area contributed by atoms with Crippen LogP contribution in [0.1, 0.15) is 0 Å². The maximum atomic E-state index is 11.4. The van der Waals surface area contributed by atoms with E-state index in [9.17, 15) is 23.3 Å². The lowest BCUT2D eigenvalue weighted by atomic mass is 10.3. The van der Waals surface area contributed by atoms with Crippen LogP contribution in [0.5, 0.6) is 5.75 Å². The van der Waals surface area contributed by atoms with E-state index in [0.29, 0.717) is 0 Å². The van der Waals surface area contributed by atoms with Crippen LogP contribution in [0.3, 0.4) is 0 Å². The molecule has 0 unspecified atom stereocenters. The Morgan fingerprint density at radius 2 is 2.12 bits per heavy atom. The van der Waals surface area contributed by atoms with Crippen LogP contribution in [0.4, 0.5) is 5.69 Å². The molecule has 0 aliphatic rings. The highest BCUT2D eigenvalue weighted by atomic mass is 32.2. The van der Waals surface area contributed by atoms with Gasteiger partial charge in [-0.15, -0.1) is 0 Å². The number of hydrogen-bond acceptors (Lipinski definition) is 6. The van der Waals surface area contributed by atoms with E-state index in [4.69, 9.17) is 4.74 Å². The maximum Gasteiger partial charge on any atom is 0.299 e. The number of hydrogen-bond donors (Lipinski definition) is 0. The Labute approximate surface area is 95.7 Å². The van der Waals surface area contributed by atoms with Crippen LogP contribution in [0, 0.1) is 10.1 Å². The molecule has 0 aromatic heterocycles. The third-order valence-electron chi connectivity index (χ3n) is 1.80. The Morgan fingerprint density at radius 3 is 2.59 bits per heavy atom. The number of methoxy groups -OCH3 is 1. The van der Waals surface area contributed by atoms with Crippen molar-refractivity contribution in [2.45, 2.75) is 4.90 Å². The molecular weight excluding hydrogens is 252 g/mol. The lowest BCUT2D eigenvalue weighted by molar-refractivity contribution is -0.387. The van der Waals surface area contributed by atoms with E-state index in [1.165, 1.54) is 13.2 Å². The molecule has 0 saturated heterocycles. The van der Waals surface area contributed by atoms with E-state index in [1.807, 2.05) is 0 Å². The standard InChI is InChI=1S/C8H6N2O6S/c1-16-6-2-3-8(7(4-6)10(12)13)17(14,15)9-5-11/h2-4H,1H3. The smallest absolute Gasteiger partial charge is 0.299 e. The second kappa shape index (κ2) is 4.73. The van der Waals surface area contributed by atoms with Gasteiger partial charge in [-0.2, -0.15) is 8.42 Å². The van der Waals surface area contributed by atoms with Gasteiger partial charge in [-0.1, -0.05) is 4.40 Å². The number of nitro groups is 1. The molecule has 0 fully saturated rings. The van der Waals surface area contributed by atoms with Crippen molar-refractivity contribution >= 4 is 21.8 Å². The maximum absolute atomic E-state index is 11.4. The number of rotatable bonds is 4. The number of isocyanates is 1. The molecule has 0 radical (unpaired) electrons. The van der Waals surface area contributed by atoms with E-state index in [1.54, 1.807) is 0 Å². The van der Waals surface area contributed by atoms with Gasteiger partial charge in [-0.25, -0.2) is 4.79 Å². The summed E-state index contributed by atoms with van der Waals surface area (Å²) < 4.78 is 30.0. The van der Waals surface area contributed by atoms with E-state index in [0.717, 1.165) is 18.2 Å². The van der Waals surface area contributed by atoms with Crippen molar-refractivity contribution < 1.29 is 22.9 Å². The predicted octanol–water partition coefficient (Wildman–Crippen LogP) is 0.628. The second-order valence-corrected chi connectivity index (χ2v) is 4.32. The lowest BCUT2D eigenvalue weighted by Crippen LogP contribution is -2.02. The third kappa shape index (κ3) is 2.65. The fourth-order valence-corrected chi connectivity index (χ4v) is 1.92. The number of carbonyl (C=O) groups excluding carboxylic acids is 1. The molecule has 17 heavy (non-hydrogen) atoms. The summed E-state index contributed by atoms with van der Waals surface area (Å²) in [6.45, 7) is 0. The molecule has 0 spiro atoms. The van der Waals surface area contributed by atoms with Crippen molar-refractivity contribution in [3.8, 4) is 5.75 Å². The van der Waals surface area contributed by atoms with Crippen molar-refractivity contribution in [2.75, 3.05) is 7.11 Å². The van der Waals surface area contributed by atoms with Crippen molar-refractivity contribution in [3.05, 3.63) is 28.3 Å². The molecule has 90 valence electrons. The Hall–Kier alpha value is -2.25. The van der Waals surface area contributed by atoms with Crippen molar-refractivity contribution in [1.29, 1.82) is 0 Å². The fraction of sp³-hybridized carbons (Fsp3) is 0.125. The molecule has 1 aromatic carbocycles. The highest BCUT2D eigenvalue weighted by molar-refractivity contribution is 7.90. The summed E-state index contributed by atoms with van der Waals surface area (Å²) in [5.41, 5.74) is -0.719. The number of ether oxygens (including phenoxy) is 1. The van der Waals surface area contributed by atoms with Gasteiger partial charge >= 0.3 is 0 Å². The van der Waals surface area contributed by atoms with Crippen LogP contribution >= 0.6 is 0 Å². The Kier molecular flexibility index (Phi) is 3.56. The molecule has 0 saturated carbocycles. The highest BCUT2D eigenvalue weighted by Gasteiger charge is 2.26. The van der Waals surface area contributed by atoms with Crippen molar-refractivity contribution in [2.24, 2.45) is 4.40 Å². The largest absolute Gasteiger partial charge is 0.497 e. The summed E-state index contributed by atoms with van der Waals surface area (Å²) in [6, 6.07) is 3.07. The predicted molar refractivity (Wildman–Crippen MR) is 55.0 cm³/mol. The SMILES string of the molecule is COc1ccc(S(=O)(=O)N=C=O)c([N+](=O)[O-])c1. The van der Waals surface area contributed by atoms with Crippen LogP contribution in [0.15, 0.2) is 27.5 Å². The van der Waals surface area contributed by atoms with Gasteiger partial charge in [0.2, 0.25) is 0 Å². The van der Waals surface area contributed by atoms with Gasteiger partial charge in [-0.3, -0.25) is 10.1 Å². The fourth-order valence-electron chi connectivity index (χ4n) is 1.08. The van der Waals surface area contributed by atoms with E-state index in [-0.39, 0.29) is 5.75 Å². The molecule has 0 bridgehead atoms. The topological polar surface area (TPSA) is 116 Å². The zero-order chi connectivity index (χ0) is 13.1. The quantitative estimate of drug-likeness (QED) is 0.338. The monoisotopic (exact) mass is 258 g/mol. The normalized spacial score (nSPS) is 10.4. The molecule has 0 atom stereocenters. The summed E-state index contributed by atoms with van der Waals surface area (Å²) >= 11 is 0. The molecule has 1 rings (SSSR count). The van der Waals surface area contributed by atoms with Gasteiger partial charge in [-0.05, 0) is 12.1 Å². The Morgan fingerprint density at radius 1 is 1.47 bits per heavy atom. The summed E-state index contributed by atoms with van der Waals surface area (Å²) in [5.74, 6) is 0.116.